The minimum Gasteiger partial charge on any atom is -0.497 e. The zero-order valence-corrected chi connectivity index (χ0v) is 30.6. The van der Waals surface area contributed by atoms with Gasteiger partial charge in [-0.2, -0.15) is 0 Å². The van der Waals surface area contributed by atoms with Gasteiger partial charge in [0.1, 0.15) is 29.9 Å². The minimum absolute atomic E-state index is 0.0143. The third-order valence-electron chi connectivity index (χ3n) is 7.91. The van der Waals surface area contributed by atoms with Crippen molar-refractivity contribution in [1.82, 2.24) is 10.2 Å². The topological polar surface area (TPSA) is 124 Å². The van der Waals surface area contributed by atoms with Crippen LogP contribution in [0.1, 0.15) is 31.9 Å². The molecule has 1 atom stereocenters. The van der Waals surface area contributed by atoms with Crippen LogP contribution in [0.2, 0.25) is 0 Å². The lowest BCUT2D eigenvalue weighted by molar-refractivity contribution is -0.140. The maximum absolute atomic E-state index is 14.8. The number of amides is 2. The molecule has 0 saturated carbocycles. The summed E-state index contributed by atoms with van der Waals surface area (Å²) in [5.74, 6) is -0.725. The summed E-state index contributed by atoms with van der Waals surface area (Å²) >= 11 is 0. The Morgan fingerprint density at radius 3 is 1.98 bits per heavy atom. The molecule has 13 heteroatoms. The molecule has 0 aliphatic rings. The van der Waals surface area contributed by atoms with E-state index < -0.39 is 45.8 Å². The average Bonchev–Trinajstić information content (AvgIpc) is 3.11. The van der Waals surface area contributed by atoms with E-state index in [1.807, 2.05) is 51.1 Å². The lowest BCUT2D eigenvalue weighted by Gasteiger charge is -2.35. The Morgan fingerprint density at radius 1 is 0.765 bits per heavy atom. The number of ether oxygens (including phenoxy) is 4. The van der Waals surface area contributed by atoms with Crippen LogP contribution in [0.15, 0.2) is 95.9 Å². The van der Waals surface area contributed by atoms with Crippen molar-refractivity contribution in [2.24, 2.45) is 0 Å². The van der Waals surface area contributed by atoms with Crippen molar-refractivity contribution in [2.75, 3.05) is 39.3 Å². The Labute approximate surface area is 298 Å². The zero-order valence-electron chi connectivity index (χ0n) is 29.8. The standard InChI is InChI=1S/C38H44FN3O8S/c1-38(2,3)40-37(44)32(21-26-11-9-8-10-12-26)41(24-27-13-15-28(39)16-14-27)36(43)25-42(31-22-29(47-4)17-19-33(31)48-5)51(45,46)30-18-20-34(49-6)35(23-30)50-7/h8-20,22-23,32H,21,24-25H2,1-7H3,(H,40,44)/t32-/m1/s1. The first-order chi connectivity index (χ1) is 24.2. The van der Waals surface area contributed by atoms with Crippen LogP contribution in [0.3, 0.4) is 0 Å². The van der Waals surface area contributed by atoms with E-state index in [9.17, 15) is 22.4 Å². The largest absolute Gasteiger partial charge is 0.497 e. The van der Waals surface area contributed by atoms with Crippen LogP contribution in [0.4, 0.5) is 10.1 Å². The zero-order chi connectivity index (χ0) is 37.3. The maximum Gasteiger partial charge on any atom is 0.265 e. The number of methoxy groups -OCH3 is 4. The first kappa shape index (κ1) is 38.5. The van der Waals surface area contributed by atoms with Gasteiger partial charge in [0.25, 0.3) is 10.0 Å². The lowest BCUT2D eigenvalue weighted by Crippen LogP contribution is -2.56. The molecule has 0 spiro atoms. The van der Waals surface area contributed by atoms with Gasteiger partial charge in [-0.15, -0.1) is 0 Å². The third kappa shape index (κ3) is 9.69. The number of nitrogens with one attached hydrogen (secondary N) is 1. The van der Waals surface area contributed by atoms with Gasteiger partial charge in [0.05, 0.1) is 39.0 Å². The van der Waals surface area contributed by atoms with Crippen molar-refractivity contribution in [3.63, 3.8) is 0 Å². The van der Waals surface area contributed by atoms with Crippen LogP contribution < -0.4 is 28.6 Å². The summed E-state index contributed by atoms with van der Waals surface area (Å²) in [5.41, 5.74) is 0.653. The van der Waals surface area contributed by atoms with Crippen LogP contribution in [0, 0.1) is 5.82 Å². The monoisotopic (exact) mass is 721 g/mol. The van der Waals surface area contributed by atoms with Crippen LogP contribution in [-0.2, 0) is 32.6 Å². The summed E-state index contributed by atoms with van der Waals surface area (Å²) in [5, 5.41) is 2.98. The van der Waals surface area contributed by atoms with Gasteiger partial charge in [0.15, 0.2) is 11.5 Å². The Balaban J connectivity index is 1.91. The SMILES string of the molecule is COc1ccc(OC)c(N(CC(=O)N(Cc2ccc(F)cc2)[C@H](Cc2ccccc2)C(=O)NC(C)(C)C)S(=O)(=O)c2ccc(OC)c(OC)c2)c1. The fourth-order valence-corrected chi connectivity index (χ4v) is 6.84. The second-order valence-corrected chi connectivity index (χ2v) is 14.5. The quantitative estimate of drug-likeness (QED) is 0.168. The van der Waals surface area contributed by atoms with Crippen molar-refractivity contribution in [2.45, 2.75) is 50.2 Å². The van der Waals surface area contributed by atoms with E-state index in [-0.39, 0.29) is 35.0 Å². The molecular weight excluding hydrogens is 677 g/mol. The maximum atomic E-state index is 14.8. The van der Waals surface area contributed by atoms with Gasteiger partial charge in [-0.05, 0) is 68.3 Å². The molecule has 0 unspecified atom stereocenters. The highest BCUT2D eigenvalue weighted by Gasteiger charge is 2.37. The van der Waals surface area contributed by atoms with Gasteiger partial charge in [-0.3, -0.25) is 13.9 Å². The molecule has 0 heterocycles. The van der Waals surface area contributed by atoms with Crippen molar-refractivity contribution < 1.29 is 41.3 Å². The van der Waals surface area contributed by atoms with Crippen molar-refractivity contribution in [3.8, 4) is 23.0 Å². The molecule has 0 saturated heterocycles. The molecule has 2 amide bonds. The highest BCUT2D eigenvalue weighted by molar-refractivity contribution is 7.92. The van der Waals surface area contributed by atoms with Gasteiger partial charge in [-0.25, -0.2) is 12.8 Å². The Hall–Kier alpha value is -5.30. The van der Waals surface area contributed by atoms with Gasteiger partial charge >= 0.3 is 0 Å². The van der Waals surface area contributed by atoms with E-state index in [2.05, 4.69) is 5.32 Å². The van der Waals surface area contributed by atoms with Crippen LogP contribution in [0.5, 0.6) is 23.0 Å². The van der Waals surface area contributed by atoms with Gasteiger partial charge in [0, 0.05) is 30.6 Å². The minimum atomic E-state index is -4.55. The highest BCUT2D eigenvalue weighted by Crippen LogP contribution is 2.38. The molecular formula is C38H44FN3O8S. The molecule has 1 N–H and O–H groups in total. The molecule has 11 nitrogen and oxygen atoms in total. The predicted molar refractivity (Wildman–Crippen MR) is 192 cm³/mol. The summed E-state index contributed by atoms with van der Waals surface area (Å²) in [7, 11) is 1.06. The fourth-order valence-electron chi connectivity index (χ4n) is 5.40. The van der Waals surface area contributed by atoms with E-state index in [1.165, 1.54) is 87.9 Å². The molecule has 0 aliphatic carbocycles. The van der Waals surface area contributed by atoms with Crippen LogP contribution in [-0.4, -0.2) is 71.7 Å². The normalized spacial score (nSPS) is 12.0. The van der Waals surface area contributed by atoms with E-state index in [4.69, 9.17) is 18.9 Å². The van der Waals surface area contributed by atoms with Crippen molar-refractivity contribution in [3.05, 3.63) is 108 Å². The molecule has 4 rings (SSSR count). The Kier molecular flexibility index (Phi) is 12.5. The second-order valence-electron chi connectivity index (χ2n) is 12.7. The summed E-state index contributed by atoms with van der Waals surface area (Å²) in [4.78, 5) is 30.0. The molecule has 4 aromatic carbocycles. The van der Waals surface area contributed by atoms with Crippen molar-refractivity contribution in [1.29, 1.82) is 0 Å². The summed E-state index contributed by atoms with van der Waals surface area (Å²) in [6, 6.07) is 22.3. The van der Waals surface area contributed by atoms with Crippen LogP contribution >= 0.6 is 0 Å². The summed E-state index contributed by atoms with van der Waals surface area (Å²) in [6.45, 7) is 4.58. The first-order valence-electron chi connectivity index (χ1n) is 16.1. The molecule has 0 aromatic heterocycles. The number of halogens is 1. The molecule has 0 fully saturated rings. The van der Waals surface area contributed by atoms with E-state index in [1.54, 1.807) is 6.07 Å². The molecule has 0 radical (unpaired) electrons. The van der Waals surface area contributed by atoms with E-state index >= 15 is 0 Å². The van der Waals surface area contributed by atoms with Gasteiger partial charge in [-0.1, -0.05) is 42.5 Å². The third-order valence-corrected chi connectivity index (χ3v) is 9.67. The van der Waals surface area contributed by atoms with Crippen molar-refractivity contribution >= 4 is 27.5 Å². The smallest absolute Gasteiger partial charge is 0.265 e. The molecule has 51 heavy (non-hydrogen) atoms. The number of carbonyl (C=O) groups is 2. The number of benzene rings is 4. The Morgan fingerprint density at radius 2 is 1.39 bits per heavy atom. The van der Waals surface area contributed by atoms with Gasteiger partial charge < -0.3 is 29.2 Å². The molecule has 0 bridgehead atoms. The number of hydrogen-bond acceptors (Lipinski definition) is 8. The Bertz CT molecular complexity index is 1920. The van der Waals surface area contributed by atoms with E-state index in [0.717, 1.165) is 9.87 Å². The predicted octanol–water partition coefficient (Wildman–Crippen LogP) is 5.61. The number of nitrogens with zero attached hydrogens (tertiary/aromatic N) is 2. The number of anilines is 1. The second kappa shape index (κ2) is 16.6. The van der Waals surface area contributed by atoms with Gasteiger partial charge in [0.2, 0.25) is 11.8 Å². The number of rotatable bonds is 15. The van der Waals surface area contributed by atoms with E-state index in [0.29, 0.717) is 17.1 Å². The molecule has 4 aromatic rings. The van der Waals surface area contributed by atoms with Crippen LogP contribution in [0.25, 0.3) is 0 Å². The number of hydrogen-bond donors (Lipinski definition) is 1. The number of sulfonamides is 1. The number of carbonyl (C=O) groups excluding carboxylic acids is 2. The fraction of sp³-hybridized carbons (Fsp3) is 0.316. The summed E-state index contributed by atoms with van der Waals surface area (Å²) < 4.78 is 65.9. The summed E-state index contributed by atoms with van der Waals surface area (Å²) in [6.07, 6.45) is 0.112. The first-order valence-corrected chi connectivity index (χ1v) is 17.5. The lowest BCUT2D eigenvalue weighted by atomic mass is 10.0. The highest BCUT2D eigenvalue weighted by atomic mass is 32.2. The molecule has 0 aliphatic heterocycles. The average molecular weight is 722 g/mol. The molecule has 272 valence electrons.